The molecular weight excluding hydrogens is 310 g/mol. The SMILES string of the molecule is Cc1sc2nc(C(C)N3CCN(CC#N)CC3)[nH]c(=O)c2c1C. The third kappa shape index (κ3) is 3.02. The fraction of sp³-hybridized carbons (Fsp3) is 0.562. The van der Waals surface area contributed by atoms with Gasteiger partial charge in [0, 0.05) is 31.1 Å². The number of nitriles is 1. The van der Waals surface area contributed by atoms with Crippen molar-refractivity contribution < 1.29 is 0 Å². The Bertz CT molecular complexity index is 810. The Morgan fingerprint density at radius 1 is 1.35 bits per heavy atom. The summed E-state index contributed by atoms with van der Waals surface area (Å²) in [4.78, 5) is 26.5. The lowest BCUT2D eigenvalue weighted by Crippen LogP contribution is -2.47. The number of aryl methyl sites for hydroxylation is 2. The molecule has 7 heteroatoms. The van der Waals surface area contributed by atoms with E-state index in [0.29, 0.717) is 6.54 Å². The highest BCUT2D eigenvalue weighted by atomic mass is 32.1. The Morgan fingerprint density at radius 3 is 2.70 bits per heavy atom. The molecule has 1 unspecified atom stereocenters. The van der Waals surface area contributed by atoms with Crippen molar-refractivity contribution in [2.24, 2.45) is 0 Å². The van der Waals surface area contributed by atoms with Crippen LogP contribution >= 0.6 is 11.3 Å². The molecule has 6 nitrogen and oxygen atoms in total. The highest BCUT2D eigenvalue weighted by molar-refractivity contribution is 7.18. The van der Waals surface area contributed by atoms with E-state index in [0.717, 1.165) is 52.7 Å². The molecule has 1 aliphatic rings. The van der Waals surface area contributed by atoms with Gasteiger partial charge in [-0.15, -0.1) is 11.3 Å². The van der Waals surface area contributed by atoms with Crippen LogP contribution in [0.5, 0.6) is 0 Å². The maximum Gasteiger partial charge on any atom is 0.259 e. The Hall–Kier alpha value is -1.75. The van der Waals surface area contributed by atoms with Crippen molar-refractivity contribution in [1.29, 1.82) is 5.26 Å². The molecule has 0 spiro atoms. The van der Waals surface area contributed by atoms with Crippen LogP contribution in [0.2, 0.25) is 0 Å². The summed E-state index contributed by atoms with van der Waals surface area (Å²) < 4.78 is 0. The quantitative estimate of drug-likeness (QED) is 0.868. The van der Waals surface area contributed by atoms with Gasteiger partial charge in [0.25, 0.3) is 5.56 Å². The standard InChI is InChI=1S/C16H21N5OS/c1-10-12(3)23-16-13(10)15(22)18-14(19-16)11(2)21-8-6-20(5-4-17)7-9-21/h11H,5-9H2,1-3H3,(H,18,19,22). The molecule has 1 fully saturated rings. The molecule has 0 aliphatic carbocycles. The summed E-state index contributed by atoms with van der Waals surface area (Å²) in [7, 11) is 0. The summed E-state index contributed by atoms with van der Waals surface area (Å²) in [5, 5.41) is 9.50. The van der Waals surface area contributed by atoms with Crippen LogP contribution < -0.4 is 5.56 Å². The number of aromatic nitrogens is 2. The Balaban J connectivity index is 1.83. The largest absolute Gasteiger partial charge is 0.309 e. The molecule has 1 aliphatic heterocycles. The average Bonchev–Trinajstić information content (AvgIpc) is 2.82. The molecule has 0 bridgehead atoms. The monoisotopic (exact) mass is 331 g/mol. The molecular formula is C16H21N5OS. The Labute approximate surface area is 139 Å². The number of aromatic amines is 1. The topological polar surface area (TPSA) is 76.0 Å². The first-order chi connectivity index (χ1) is 11.0. The van der Waals surface area contributed by atoms with Crippen molar-refractivity contribution in [3.05, 3.63) is 26.6 Å². The van der Waals surface area contributed by atoms with Gasteiger partial charge in [0.15, 0.2) is 0 Å². The van der Waals surface area contributed by atoms with Gasteiger partial charge >= 0.3 is 0 Å². The van der Waals surface area contributed by atoms with Gasteiger partial charge in [0.05, 0.1) is 24.0 Å². The van der Waals surface area contributed by atoms with E-state index in [1.165, 1.54) is 0 Å². The lowest BCUT2D eigenvalue weighted by molar-refractivity contribution is 0.107. The van der Waals surface area contributed by atoms with Crippen molar-refractivity contribution in [3.8, 4) is 6.07 Å². The van der Waals surface area contributed by atoms with Crippen LogP contribution in [0.25, 0.3) is 10.2 Å². The lowest BCUT2D eigenvalue weighted by Gasteiger charge is -2.36. The van der Waals surface area contributed by atoms with E-state index in [2.05, 4.69) is 27.8 Å². The van der Waals surface area contributed by atoms with Crippen molar-refractivity contribution in [2.45, 2.75) is 26.8 Å². The van der Waals surface area contributed by atoms with Crippen molar-refractivity contribution in [1.82, 2.24) is 19.8 Å². The number of nitrogens with zero attached hydrogens (tertiary/aromatic N) is 4. The summed E-state index contributed by atoms with van der Waals surface area (Å²) in [5.74, 6) is 0.734. The number of nitrogens with one attached hydrogen (secondary N) is 1. The van der Waals surface area contributed by atoms with Crippen molar-refractivity contribution in [3.63, 3.8) is 0 Å². The zero-order valence-electron chi connectivity index (χ0n) is 13.7. The van der Waals surface area contributed by atoms with Crippen molar-refractivity contribution >= 4 is 21.6 Å². The molecule has 3 rings (SSSR count). The van der Waals surface area contributed by atoms with Gasteiger partial charge in [-0.1, -0.05) is 0 Å². The third-order valence-electron chi connectivity index (χ3n) is 4.70. The molecule has 1 atom stereocenters. The van der Waals surface area contributed by atoms with Crippen LogP contribution in [0.15, 0.2) is 4.79 Å². The molecule has 122 valence electrons. The molecule has 2 aromatic heterocycles. The van der Waals surface area contributed by atoms with Crippen molar-refractivity contribution in [2.75, 3.05) is 32.7 Å². The molecule has 23 heavy (non-hydrogen) atoms. The zero-order valence-corrected chi connectivity index (χ0v) is 14.5. The summed E-state index contributed by atoms with van der Waals surface area (Å²) >= 11 is 1.58. The van der Waals surface area contributed by atoms with Crippen LogP contribution in [-0.2, 0) is 0 Å². The molecule has 1 N–H and O–H groups in total. The van der Waals surface area contributed by atoms with Gasteiger partial charge in [0.2, 0.25) is 0 Å². The van der Waals surface area contributed by atoms with Gasteiger partial charge in [-0.05, 0) is 26.3 Å². The maximum atomic E-state index is 12.4. The smallest absolute Gasteiger partial charge is 0.259 e. The number of fused-ring (bicyclic) bond motifs is 1. The predicted molar refractivity (Wildman–Crippen MR) is 91.8 cm³/mol. The first-order valence-corrected chi connectivity index (χ1v) is 8.66. The van der Waals surface area contributed by atoms with E-state index in [4.69, 9.17) is 10.2 Å². The molecule has 1 saturated heterocycles. The van der Waals surface area contributed by atoms with Crippen LogP contribution in [0.3, 0.4) is 0 Å². The number of rotatable bonds is 3. The van der Waals surface area contributed by atoms with Crippen LogP contribution in [0, 0.1) is 25.2 Å². The second-order valence-corrected chi connectivity index (χ2v) is 7.26. The van der Waals surface area contributed by atoms with Crippen LogP contribution in [0.4, 0.5) is 0 Å². The number of thiophene rings is 1. The highest BCUT2D eigenvalue weighted by Crippen LogP contribution is 2.27. The van der Waals surface area contributed by atoms with E-state index >= 15 is 0 Å². The van der Waals surface area contributed by atoms with E-state index in [1.807, 2.05) is 13.8 Å². The molecule has 3 heterocycles. The zero-order chi connectivity index (χ0) is 16.6. The number of piperazine rings is 1. The highest BCUT2D eigenvalue weighted by Gasteiger charge is 2.24. The van der Waals surface area contributed by atoms with Gasteiger partial charge in [-0.3, -0.25) is 14.6 Å². The molecule has 0 saturated carbocycles. The molecule has 0 aromatic carbocycles. The summed E-state index contributed by atoms with van der Waals surface area (Å²) in [6, 6.07) is 2.27. The molecule has 0 radical (unpaired) electrons. The lowest BCUT2D eigenvalue weighted by atomic mass is 10.2. The summed E-state index contributed by atoms with van der Waals surface area (Å²) in [6.45, 7) is 10.1. The fourth-order valence-corrected chi connectivity index (χ4v) is 4.09. The van der Waals surface area contributed by atoms with Crippen LogP contribution in [0.1, 0.15) is 29.2 Å². The third-order valence-corrected chi connectivity index (χ3v) is 5.80. The van der Waals surface area contributed by atoms with E-state index < -0.39 is 0 Å². The van der Waals surface area contributed by atoms with Crippen LogP contribution in [-0.4, -0.2) is 52.5 Å². The molecule has 2 aromatic rings. The number of H-pyrrole nitrogens is 1. The van der Waals surface area contributed by atoms with Gasteiger partial charge in [-0.2, -0.15) is 5.26 Å². The summed E-state index contributed by atoms with van der Waals surface area (Å²) in [6.07, 6.45) is 0. The van der Waals surface area contributed by atoms with E-state index in [9.17, 15) is 4.79 Å². The predicted octanol–water partition coefficient (Wildman–Crippen LogP) is 1.80. The minimum atomic E-state index is -0.0400. The van der Waals surface area contributed by atoms with E-state index in [-0.39, 0.29) is 11.6 Å². The molecule has 0 amide bonds. The normalized spacial score (nSPS) is 18.2. The number of hydrogen-bond acceptors (Lipinski definition) is 6. The first-order valence-electron chi connectivity index (χ1n) is 7.84. The first kappa shape index (κ1) is 16.1. The summed E-state index contributed by atoms with van der Waals surface area (Å²) in [5.41, 5.74) is 0.991. The van der Waals surface area contributed by atoms with Gasteiger partial charge < -0.3 is 4.98 Å². The maximum absolute atomic E-state index is 12.4. The van der Waals surface area contributed by atoms with Gasteiger partial charge in [0.1, 0.15) is 10.7 Å². The minimum Gasteiger partial charge on any atom is -0.309 e. The average molecular weight is 331 g/mol. The minimum absolute atomic E-state index is 0.0400. The Morgan fingerprint density at radius 2 is 2.04 bits per heavy atom. The second kappa shape index (κ2) is 6.40. The second-order valence-electron chi connectivity index (χ2n) is 6.06. The Kier molecular flexibility index (Phi) is 4.48. The van der Waals surface area contributed by atoms with Gasteiger partial charge in [-0.25, -0.2) is 4.98 Å². The van der Waals surface area contributed by atoms with E-state index in [1.54, 1.807) is 11.3 Å². The number of hydrogen-bond donors (Lipinski definition) is 1. The fourth-order valence-electron chi connectivity index (χ4n) is 3.05.